The fourth-order valence-corrected chi connectivity index (χ4v) is 1.24. The number of anilines is 1. The molecule has 3 nitrogen and oxygen atoms in total. The van der Waals surface area contributed by atoms with Crippen molar-refractivity contribution in [2.24, 2.45) is 0 Å². The monoisotopic (exact) mass is 208 g/mol. The Balaban J connectivity index is 2.54. The molecule has 1 aromatic rings. The van der Waals surface area contributed by atoms with Gasteiger partial charge in [0.1, 0.15) is 0 Å². The maximum Gasteiger partial charge on any atom is 0.0914 e. The molecule has 84 valence electrons. The Morgan fingerprint density at radius 3 is 2.27 bits per heavy atom. The highest BCUT2D eigenvalue weighted by molar-refractivity contribution is 5.39. The van der Waals surface area contributed by atoms with Crippen LogP contribution in [0, 0.1) is 0 Å². The lowest BCUT2D eigenvalue weighted by Gasteiger charge is -2.23. The molecular formula is C12H20N2O. The van der Waals surface area contributed by atoms with Crippen molar-refractivity contribution >= 4 is 5.69 Å². The normalized spacial score (nSPS) is 13.9. The molecule has 0 bridgehead atoms. The third-order valence-electron chi connectivity index (χ3n) is 2.15. The molecule has 1 atom stereocenters. The van der Waals surface area contributed by atoms with Gasteiger partial charge in [0, 0.05) is 17.8 Å². The summed E-state index contributed by atoms with van der Waals surface area (Å²) in [5, 5.41) is 13.1. The first-order valence-electron chi connectivity index (χ1n) is 5.17. The molecule has 0 saturated carbocycles. The summed E-state index contributed by atoms with van der Waals surface area (Å²) in [6.45, 7) is 6.77. The van der Waals surface area contributed by atoms with E-state index in [2.05, 4.69) is 26.1 Å². The minimum atomic E-state index is -0.482. The molecular weight excluding hydrogens is 188 g/mol. The molecule has 0 spiro atoms. The van der Waals surface area contributed by atoms with Gasteiger partial charge in [0.15, 0.2) is 0 Å². The fraction of sp³-hybridized carbons (Fsp3) is 0.500. The van der Waals surface area contributed by atoms with Gasteiger partial charge in [0.25, 0.3) is 0 Å². The summed E-state index contributed by atoms with van der Waals surface area (Å²) in [6, 6.07) is 7.31. The van der Waals surface area contributed by atoms with Crippen molar-refractivity contribution in [2.75, 3.05) is 12.3 Å². The van der Waals surface area contributed by atoms with Crippen LogP contribution in [0.1, 0.15) is 32.4 Å². The number of aliphatic hydroxyl groups is 1. The minimum Gasteiger partial charge on any atom is -0.399 e. The molecule has 1 rings (SSSR count). The van der Waals surface area contributed by atoms with Crippen molar-refractivity contribution in [3.63, 3.8) is 0 Å². The Hall–Kier alpha value is -1.06. The third kappa shape index (κ3) is 4.32. The van der Waals surface area contributed by atoms with Crippen molar-refractivity contribution in [1.82, 2.24) is 5.32 Å². The topological polar surface area (TPSA) is 58.3 Å². The minimum absolute atomic E-state index is 0.0226. The smallest absolute Gasteiger partial charge is 0.0914 e. The molecule has 0 fully saturated rings. The van der Waals surface area contributed by atoms with Gasteiger partial charge in [-0.15, -0.1) is 0 Å². The molecule has 0 radical (unpaired) electrons. The Morgan fingerprint density at radius 1 is 1.27 bits per heavy atom. The molecule has 0 aliphatic carbocycles. The Morgan fingerprint density at radius 2 is 1.80 bits per heavy atom. The highest BCUT2D eigenvalue weighted by atomic mass is 16.3. The fourth-order valence-electron chi connectivity index (χ4n) is 1.24. The summed E-state index contributed by atoms with van der Waals surface area (Å²) < 4.78 is 0. The zero-order valence-electron chi connectivity index (χ0n) is 9.62. The van der Waals surface area contributed by atoms with Gasteiger partial charge in [0.2, 0.25) is 0 Å². The van der Waals surface area contributed by atoms with Gasteiger partial charge in [-0.2, -0.15) is 0 Å². The molecule has 0 unspecified atom stereocenters. The average molecular weight is 208 g/mol. The summed E-state index contributed by atoms with van der Waals surface area (Å²) in [4.78, 5) is 0. The van der Waals surface area contributed by atoms with Crippen LogP contribution in [0.4, 0.5) is 5.69 Å². The van der Waals surface area contributed by atoms with Crippen molar-refractivity contribution < 1.29 is 5.11 Å². The van der Waals surface area contributed by atoms with E-state index in [0.29, 0.717) is 6.54 Å². The summed E-state index contributed by atoms with van der Waals surface area (Å²) >= 11 is 0. The van der Waals surface area contributed by atoms with Gasteiger partial charge in [-0.05, 0) is 38.5 Å². The van der Waals surface area contributed by atoms with E-state index in [1.54, 1.807) is 12.1 Å². The predicted molar refractivity (Wildman–Crippen MR) is 63.6 cm³/mol. The second kappa shape index (κ2) is 4.64. The van der Waals surface area contributed by atoms with E-state index in [9.17, 15) is 5.11 Å². The van der Waals surface area contributed by atoms with E-state index >= 15 is 0 Å². The second-order valence-corrected chi connectivity index (χ2v) is 4.81. The standard InChI is InChI=1S/C12H20N2O/c1-12(2,3)14-8-11(15)9-4-6-10(13)7-5-9/h4-7,11,14-15H,8,13H2,1-3H3/t11-/m0/s1. The van der Waals surface area contributed by atoms with Crippen LogP contribution >= 0.6 is 0 Å². The SMILES string of the molecule is CC(C)(C)NC[C@H](O)c1ccc(N)cc1. The zero-order valence-corrected chi connectivity index (χ0v) is 9.62. The molecule has 15 heavy (non-hydrogen) atoms. The number of nitrogen functional groups attached to an aromatic ring is 1. The lowest BCUT2D eigenvalue weighted by atomic mass is 10.1. The zero-order chi connectivity index (χ0) is 11.5. The van der Waals surface area contributed by atoms with Crippen LogP contribution in [0.5, 0.6) is 0 Å². The Labute approximate surface area is 91.3 Å². The van der Waals surface area contributed by atoms with Gasteiger partial charge in [-0.25, -0.2) is 0 Å². The van der Waals surface area contributed by atoms with Crippen LogP contribution in [0.3, 0.4) is 0 Å². The number of rotatable bonds is 3. The number of nitrogens with one attached hydrogen (secondary N) is 1. The van der Waals surface area contributed by atoms with Crippen LogP contribution in [0.2, 0.25) is 0 Å². The van der Waals surface area contributed by atoms with E-state index in [1.165, 1.54) is 0 Å². The molecule has 3 heteroatoms. The first-order chi connectivity index (χ1) is 6.88. The number of hydrogen-bond acceptors (Lipinski definition) is 3. The van der Waals surface area contributed by atoms with Gasteiger partial charge >= 0.3 is 0 Å². The van der Waals surface area contributed by atoms with Crippen LogP contribution in [-0.4, -0.2) is 17.2 Å². The summed E-state index contributed by atoms with van der Waals surface area (Å²) in [6.07, 6.45) is -0.482. The average Bonchev–Trinajstić information content (AvgIpc) is 2.14. The maximum atomic E-state index is 9.87. The Kier molecular flexibility index (Phi) is 3.72. The lowest BCUT2D eigenvalue weighted by Crippen LogP contribution is -2.38. The quantitative estimate of drug-likeness (QED) is 0.662. The molecule has 0 aliphatic heterocycles. The molecule has 0 heterocycles. The summed E-state index contributed by atoms with van der Waals surface area (Å²) in [7, 11) is 0. The predicted octanol–water partition coefficient (Wildman–Crippen LogP) is 1.69. The van der Waals surface area contributed by atoms with Crippen LogP contribution in [0.25, 0.3) is 0 Å². The van der Waals surface area contributed by atoms with E-state index in [0.717, 1.165) is 11.3 Å². The molecule has 4 N–H and O–H groups in total. The maximum absolute atomic E-state index is 9.87. The van der Waals surface area contributed by atoms with E-state index in [-0.39, 0.29) is 5.54 Å². The van der Waals surface area contributed by atoms with Crippen LogP contribution < -0.4 is 11.1 Å². The number of aliphatic hydroxyl groups excluding tert-OH is 1. The molecule has 0 saturated heterocycles. The lowest BCUT2D eigenvalue weighted by molar-refractivity contribution is 0.163. The van der Waals surface area contributed by atoms with E-state index < -0.39 is 6.10 Å². The van der Waals surface area contributed by atoms with Gasteiger partial charge < -0.3 is 16.2 Å². The molecule has 0 aliphatic rings. The summed E-state index contributed by atoms with van der Waals surface area (Å²) in [5.74, 6) is 0. The van der Waals surface area contributed by atoms with Crippen molar-refractivity contribution in [1.29, 1.82) is 0 Å². The van der Waals surface area contributed by atoms with Gasteiger partial charge in [0.05, 0.1) is 6.10 Å². The molecule has 0 amide bonds. The van der Waals surface area contributed by atoms with Gasteiger partial charge in [-0.1, -0.05) is 12.1 Å². The van der Waals surface area contributed by atoms with E-state index in [1.807, 2.05) is 12.1 Å². The molecule has 1 aromatic carbocycles. The van der Waals surface area contributed by atoms with Crippen molar-refractivity contribution in [2.45, 2.75) is 32.4 Å². The van der Waals surface area contributed by atoms with E-state index in [4.69, 9.17) is 5.73 Å². The van der Waals surface area contributed by atoms with Crippen molar-refractivity contribution in [3.8, 4) is 0 Å². The van der Waals surface area contributed by atoms with Crippen molar-refractivity contribution in [3.05, 3.63) is 29.8 Å². The number of nitrogens with two attached hydrogens (primary N) is 1. The number of β-amino-alcohol motifs (C(OH)–C–C–N with tert-alkyl or cyclic N) is 1. The number of hydrogen-bond donors (Lipinski definition) is 3. The van der Waals surface area contributed by atoms with Crippen LogP contribution in [0.15, 0.2) is 24.3 Å². The highest BCUT2D eigenvalue weighted by Gasteiger charge is 2.13. The third-order valence-corrected chi connectivity index (χ3v) is 2.15. The summed E-state index contributed by atoms with van der Waals surface area (Å²) in [5.41, 5.74) is 7.20. The highest BCUT2D eigenvalue weighted by Crippen LogP contribution is 2.14. The number of benzene rings is 1. The van der Waals surface area contributed by atoms with Gasteiger partial charge in [-0.3, -0.25) is 0 Å². The van der Waals surface area contributed by atoms with Crippen LogP contribution in [-0.2, 0) is 0 Å². The first-order valence-corrected chi connectivity index (χ1v) is 5.17. The Bertz CT molecular complexity index is 300. The molecule has 0 aromatic heterocycles. The first kappa shape index (κ1) is 12.0. The second-order valence-electron chi connectivity index (χ2n) is 4.81. The largest absolute Gasteiger partial charge is 0.399 e.